The van der Waals surface area contributed by atoms with E-state index in [1.807, 2.05) is 6.07 Å². The number of halogens is 1. The first-order valence-corrected chi connectivity index (χ1v) is 7.44. The number of thiazole rings is 1. The van der Waals surface area contributed by atoms with Crippen molar-refractivity contribution in [1.29, 1.82) is 0 Å². The van der Waals surface area contributed by atoms with E-state index in [1.54, 1.807) is 25.1 Å². The fraction of sp³-hybridized carbons (Fsp3) is 0.214. The number of hydrogen-bond donors (Lipinski definition) is 2. The Morgan fingerprint density at radius 2 is 2.24 bits per heavy atom. The summed E-state index contributed by atoms with van der Waals surface area (Å²) in [5.74, 6) is -1.24. The molecule has 1 unspecified atom stereocenters. The van der Waals surface area contributed by atoms with Gasteiger partial charge < -0.3 is 10.4 Å². The molecule has 1 aromatic heterocycles. The largest absolute Gasteiger partial charge is 0.476 e. The first-order chi connectivity index (χ1) is 9.95. The van der Waals surface area contributed by atoms with Crippen molar-refractivity contribution < 1.29 is 14.7 Å². The van der Waals surface area contributed by atoms with Crippen LogP contribution >= 0.6 is 22.9 Å². The van der Waals surface area contributed by atoms with Crippen LogP contribution in [0.3, 0.4) is 0 Å². The van der Waals surface area contributed by atoms with Gasteiger partial charge in [-0.2, -0.15) is 0 Å². The number of aromatic nitrogens is 1. The van der Waals surface area contributed by atoms with E-state index in [0.29, 0.717) is 10.0 Å². The molecule has 2 N–H and O–H groups in total. The summed E-state index contributed by atoms with van der Waals surface area (Å²) in [6, 6.07) is 6.75. The zero-order chi connectivity index (χ0) is 15.4. The zero-order valence-corrected chi connectivity index (χ0v) is 12.7. The van der Waals surface area contributed by atoms with Gasteiger partial charge in [0.1, 0.15) is 5.01 Å². The first kappa shape index (κ1) is 15.5. The van der Waals surface area contributed by atoms with Gasteiger partial charge in [0, 0.05) is 10.4 Å². The fourth-order valence-electron chi connectivity index (χ4n) is 1.77. The van der Waals surface area contributed by atoms with Crippen LogP contribution in [0.15, 0.2) is 29.6 Å². The van der Waals surface area contributed by atoms with Gasteiger partial charge in [-0.05, 0) is 24.6 Å². The van der Waals surface area contributed by atoms with Crippen molar-refractivity contribution in [3.63, 3.8) is 0 Å². The number of amides is 1. The lowest BCUT2D eigenvalue weighted by molar-refractivity contribution is -0.121. The Balaban J connectivity index is 1.96. The van der Waals surface area contributed by atoms with Crippen LogP contribution in [0.1, 0.15) is 34.0 Å². The number of carbonyl (C=O) groups is 2. The number of benzene rings is 1. The molecule has 0 bridgehead atoms. The lowest BCUT2D eigenvalue weighted by Gasteiger charge is -2.11. The third-order valence-corrected chi connectivity index (χ3v) is 4.01. The van der Waals surface area contributed by atoms with Gasteiger partial charge in [-0.15, -0.1) is 11.3 Å². The lowest BCUT2D eigenvalue weighted by atomic mass is 10.1. The van der Waals surface area contributed by atoms with E-state index in [0.717, 1.165) is 5.56 Å². The summed E-state index contributed by atoms with van der Waals surface area (Å²) in [4.78, 5) is 26.7. The van der Waals surface area contributed by atoms with E-state index in [1.165, 1.54) is 16.7 Å². The zero-order valence-electron chi connectivity index (χ0n) is 11.2. The Morgan fingerprint density at radius 3 is 2.86 bits per heavy atom. The van der Waals surface area contributed by atoms with Crippen LogP contribution in [-0.2, 0) is 11.2 Å². The molecule has 1 amide bonds. The molecular weight excluding hydrogens is 312 g/mol. The van der Waals surface area contributed by atoms with Gasteiger partial charge in [0.2, 0.25) is 5.91 Å². The molecule has 1 heterocycles. The van der Waals surface area contributed by atoms with E-state index in [2.05, 4.69) is 10.3 Å². The van der Waals surface area contributed by atoms with E-state index < -0.39 is 5.97 Å². The van der Waals surface area contributed by atoms with Crippen LogP contribution in [0.4, 0.5) is 0 Å². The molecule has 0 aliphatic heterocycles. The van der Waals surface area contributed by atoms with Gasteiger partial charge in [0.05, 0.1) is 12.5 Å². The average molecular weight is 325 g/mol. The lowest BCUT2D eigenvalue weighted by Crippen LogP contribution is -2.28. The maximum absolute atomic E-state index is 12.0. The molecule has 0 spiro atoms. The molecule has 0 aliphatic carbocycles. The Kier molecular flexibility index (Phi) is 4.93. The molecule has 110 valence electrons. The second kappa shape index (κ2) is 6.69. The molecule has 0 radical (unpaired) electrons. The van der Waals surface area contributed by atoms with Crippen molar-refractivity contribution in [3.05, 3.63) is 50.9 Å². The Morgan fingerprint density at radius 1 is 1.48 bits per heavy atom. The van der Waals surface area contributed by atoms with Crippen molar-refractivity contribution >= 4 is 34.8 Å². The standard InChI is InChI=1S/C14H13ClN2O3S/c1-8(13-17-11(7-21-13)14(19)20)16-12(18)6-9-3-2-4-10(15)5-9/h2-5,7-8H,6H2,1H3,(H,16,18)(H,19,20). The Bertz CT molecular complexity index is 672. The Labute approximate surface area is 130 Å². The minimum atomic E-state index is -1.07. The SMILES string of the molecule is CC(NC(=O)Cc1cccc(Cl)c1)c1nc(C(=O)O)cs1. The number of carboxylic acid groups (broad SMARTS) is 1. The second-order valence-corrected chi connectivity index (χ2v) is 5.80. The average Bonchev–Trinajstić information content (AvgIpc) is 2.88. The summed E-state index contributed by atoms with van der Waals surface area (Å²) in [5, 5.41) is 14.2. The van der Waals surface area contributed by atoms with Crippen molar-refractivity contribution in [3.8, 4) is 0 Å². The number of carbonyl (C=O) groups excluding carboxylic acids is 1. The van der Waals surface area contributed by atoms with Crippen LogP contribution < -0.4 is 5.32 Å². The van der Waals surface area contributed by atoms with Crippen LogP contribution in [0, 0.1) is 0 Å². The summed E-state index contributed by atoms with van der Waals surface area (Å²) < 4.78 is 0. The van der Waals surface area contributed by atoms with Gasteiger partial charge in [0.25, 0.3) is 0 Å². The number of hydrogen-bond acceptors (Lipinski definition) is 4. The number of aromatic carboxylic acids is 1. The highest BCUT2D eigenvalue weighted by Crippen LogP contribution is 2.18. The number of nitrogens with zero attached hydrogens (tertiary/aromatic N) is 1. The third kappa shape index (κ3) is 4.27. The van der Waals surface area contributed by atoms with Crippen LogP contribution in [0.2, 0.25) is 5.02 Å². The summed E-state index contributed by atoms with van der Waals surface area (Å²) in [5.41, 5.74) is 0.809. The minimum Gasteiger partial charge on any atom is -0.476 e. The predicted octanol–water partition coefficient (Wildman–Crippen LogP) is 2.91. The topological polar surface area (TPSA) is 79.3 Å². The first-order valence-electron chi connectivity index (χ1n) is 6.18. The van der Waals surface area contributed by atoms with Gasteiger partial charge >= 0.3 is 5.97 Å². The van der Waals surface area contributed by atoms with Crippen molar-refractivity contribution in [2.45, 2.75) is 19.4 Å². The Hall–Kier alpha value is -1.92. The highest BCUT2D eigenvalue weighted by atomic mass is 35.5. The summed E-state index contributed by atoms with van der Waals surface area (Å²) in [6.45, 7) is 1.76. The highest BCUT2D eigenvalue weighted by Gasteiger charge is 2.16. The van der Waals surface area contributed by atoms with Crippen molar-refractivity contribution in [2.24, 2.45) is 0 Å². The number of rotatable bonds is 5. The smallest absolute Gasteiger partial charge is 0.355 e. The monoisotopic (exact) mass is 324 g/mol. The number of nitrogens with one attached hydrogen (secondary N) is 1. The molecule has 0 saturated heterocycles. The van der Waals surface area contributed by atoms with E-state index in [-0.39, 0.29) is 24.1 Å². The van der Waals surface area contributed by atoms with Crippen LogP contribution in [0.5, 0.6) is 0 Å². The molecule has 7 heteroatoms. The molecule has 21 heavy (non-hydrogen) atoms. The summed E-state index contributed by atoms with van der Waals surface area (Å²) in [6.07, 6.45) is 0.210. The molecular formula is C14H13ClN2O3S. The van der Waals surface area contributed by atoms with Crippen LogP contribution in [0.25, 0.3) is 0 Å². The third-order valence-electron chi connectivity index (χ3n) is 2.74. The van der Waals surface area contributed by atoms with E-state index in [4.69, 9.17) is 16.7 Å². The molecule has 1 aromatic carbocycles. The summed E-state index contributed by atoms with van der Waals surface area (Å²) >= 11 is 7.08. The van der Waals surface area contributed by atoms with Crippen LogP contribution in [-0.4, -0.2) is 22.0 Å². The molecule has 5 nitrogen and oxygen atoms in total. The minimum absolute atomic E-state index is 0.00839. The van der Waals surface area contributed by atoms with Crippen molar-refractivity contribution in [2.75, 3.05) is 0 Å². The maximum Gasteiger partial charge on any atom is 0.355 e. The molecule has 2 rings (SSSR count). The second-order valence-electron chi connectivity index (χ2n) is 4.47. The highest BCUT2D eigenvalue weighted by molar-refractivity contribution is 7.09. The van der Waals surface area contributed by atoms with Crippen molar-refractivity contribution in [1.82, 2.24) is 10.3 Å². The van der Waals surface area contributed by atoms with Gasteiger partial charge in [-0.25, -0.2) is 9.78 Å². The van der Waals surface area contributed by atoms with E-state index in [9.17, 15) is 9.59 Å². The fourth-order valence-corrected chi connectivity index (χ4v) is 2.78. The summed E-state index contributed by atoms with van der Waals surface area (Å²) in [7, 11) is 0. The normalized spacial score (nSPS) is 11.9. The van der Waals surface area contributed by atoms with E-state index >= 15 is 0 Å². The van der Waals surface area contributed by atoms with Gasteiger partial charge in [-0.1, -0.05) is 23.7 Å². The number of carboxylic acids is 1. The predicted molar refractivity (Wildman–Crippen MR) is 80.8 cm³/mol. The molecule has 0 aliphatic rings. The maximum atomic E-state index is 12.0. The quantitative estimate of drug-likeness (QED) is 0.886. The van der Waals surface area contributed by atoms with Gasteiger partial charge in [0.15, 0.2) is 5.69 Å². The van der Waals surface area contributed by atoms with Gasteiger partial charge in [-0.3, -0.25) is 4.79 Å². The molecule has 2 aromatic rings. The molecule has 0 fully saturated rings. The molecule has 0 saturated carbocycles. The molecule has 1 atom stereocenters.